The predicted octanol–water partition coefficient (Wildman–Crippen LogP) is 4.28. The molecule has 2 amide bonds. The fourth-order valence-corrected chi connectivity index (χ4v) is 9.21. The Morgan fingerprint density at radius 2 is 0.940 bits per heavy atom. The van der Waals surface area contributed by atoms with E-state index in [4.69, 9.17) is 59.3 Å². The summed E-state index contributed by atoms with van der Waals surface area (Å²) in [7, 11) is 2.67. The summed E-state index contributed by atoms with van der Waals surface area (Å²) in [5, 5.41) is 49.3. The molecule has 1 heterocycles. The van der Waals surface area contributed by atoms with Crippen LogP contribution in [0.2, 0.25) is 0 Å². The minimum Gasteiger partial charge on any atom is -0.481 e. The van der Waals surface area contributed by atoms with Crippen LogP contribution in [0.4, 0.5) is 26.3 Å². The van der Waals surface area contributed by atoms with E-state index in [1.807, 2.05) is 30.3 Å². The Morgan fingerprint density at radius 1 is 0.542 bits per heavy atom. The lowest BCUT2D eigenvalue weighted by Crippen LogP contribution is -2.37. The largest absolute Gasteiger partial charge is 0.481 e. The number of alkyl halides is 6. The van der Waals surface area contributed by atoms with Gasteiger partial charge < -0.3 is 64.1 Å². The van der Waals surface area contributed by atoms with Crippen LogP contribution in [0.25, 0.3) is 0 Å². The van der Waals surface area contributed by atoms with E-state index >= 15 is 0 Å². The number of carboxylic acids is 6. The molecule has 3 aromatic carbocycles. The Labute approximate surface area is 486 Å². The third-order valence-corrected chi connectivity index (χ3v) is 13.9. The Balaban J connectivity index is 0.00000104. The lowest BCUT2D eigenvalue weighted by atomic mass is 10.1. The van der Waals surface area contributed by atoms with Crippen molar-refractivity contribution in [2.75, 3.05) is 6.26 Å². The minimum atomic E-state index is -4.46. The summed E-state index contributed by atoms with van der Waals surface area (Å²) in [6.45, 7) is 0. The summed E-state index contributed by atoms with van der Waals surface area (Å²) >= 11 is 2.51. The molecule has 36 heteroatoms. The van der Waals surface area contributed by atoms with E-state index in [-0.39, 0.29) is 43.0 Å². The highest BCUT2D eigenvalue weighted by Crippen LogP contribution is 2.38. The first-order valence-corrected chi connectivity index (χ1v) is 28.1. The van der Waals surface area contributed by atoms with Crippen molar-refractivity contribution in [1.29, 1.82) is 0 Å². The summed E-state index contributed by atoms with van der Waals surface area (Å²) in [4.78, 5) is 134. The molecule has 3 aromatic rings. The highest BCUT2D eigenvalue weighted by molar-refractivity contribution is 8.76. The van der Waals surface area contributed by atoms with Crippen molar-refractivity contribution < 1.29 is 119 Å². The molecule has 5 unspecified atom stereocenters. The highest BCUT2D eigenvalue weighted by Gasteiger charge is 2.34. The minimum absolute atomic E-state index is 0.0168. The van der Waals surface area contributed by atoms with E-state index in [2.05, 4.69) is 4.84 Å². The van der Waals surface area contributed by atoms with Crippen LogP contribution in [-0.2, 0) is 86.2 Å². The summed E-state index contributed by atoms with van der Waals surface area (Å²) in [5.41, 5.74) is 25.4. The lowest BCUT2D eigenvalue weighted by molar-refractivity contribution is -0.197. The topological polar surface area (TPSA) is 469 Å². The number of carbonyl (C=O) groups excluding carboxylic acids is 6. The summed E-state index contributed by atoms with van der Waals surface area (Å²) in [6.07, 6.45) is -9.17. The van der Waals surface area contributed by atoms with Gasteiger partial charge in [0, 0.05) is 53.4 Å². The summed E-state index contributed by atoms with van der Waals surface area (Å²) in [5.74, 6) is -9.31. The van der Waals surface area contributed by atoms with Gasteiger partial charge in [-0.1, -0.05) is 87.2 Å². The van der Waals surface area contributed by atoms with Crippen LogP contribution < -0.4 is 28.7 Å². The Hall–Kier alpha value is -6.77. The van der Waals surface area contributed by atoms with Crippen LogP contribution in [0.15, 0.2) is 82.6 Å². The molecule has 0 aliphatic carbocycles. The van der Waals surface area contributed by atoms with E-state index in [9.17, 15) is 83.9 Å². The van der Waals surface area contributed by atoms with Gasteiger partial charge in [0.2, 0.25) is 0 Å². The van der Waals surface area contributed by atoms with Crippen molar-refractivity contribution >= 4 is 126 Å². The Kier molecular flexibility index (Phi) is 35.0. The third kappa shape index (κ3) is 33.2. The first-order chi connectivity index (χ1) is 38.4. The molecular weight excluding hydrogens is 1230 g/mol. The second-order valence-corrected chi connectivity index (χ2v) is 21.7. The van der Waals surface area contributed by atoms with Crippen molar-refractivity contribution in [1.82, 2.24) is 5.06 Å². The standard InChI is InChI=1S/C13H14F3NO3S3.C11H10F3NO3S.C11H13NO3S.C8H10N2O6.C4H7NO4/c1-21-23-10-3-2-8(13(14,15)16)4-7(10)6-22-11(18)5-9(17)12(19)20;12-11(13,14)6-1-3-7(4-2-6)19-9(16)5-8(15)10(17)18;12-9(11(14)15)6-10(13)16-7-8-4-2-1-3-5-8;9-4(8(14)15)3-7(13)16-10-5(11)1-2-6(10)12;5-2(4(8)9)1-3(6)7/h2-4,9H,5-6,17H2,1H3,(H,19,20);1-4,8H,5,15H2,(H,17,18);1-5,9H,6-7,12H2,(H,14,15);4H,1-3,9H2,(H,14,15);2H,1,5H2,(H,6,7)(H,8,9). The summed E-state index contributed by atoms with van der Waals surface area (Å²) < 4.78 is 75.2. The van der Waals surface area contributed by atoms with Crippen LogP contribution >= 0.6 is 56.9 Å². The number of carboxylic acid groups (broad SMARTS) is 6. The van der Waals surface area contributed by atoms with Crippen LogP contribution in [0.1, 0.15) is 67.2 Å². The van der Waals surface area contributed by atoms with Gasteiger partial charge in [0.1, 0.15) is 30.2 Å². The molecule has 16 N–H and O–H groups in total. The van der Waals surface area contributed by atoms with Gasteiger partial charge in [-0.2, -0.15) is 26.3 Å². The molecular formula is C47H54F6N6O19S5. The normalized spacial score (nSPS) is 13.6. The Morgan fingerprint density at radius 3 is 1.34 bits per heavy atom. The predicted molar refractivity (Wildman–Crippen MR) is 288 cm³/mol. The number of hydroxylamine groups is 2. The van der Waals surface area contributed by atoms with Crippen molar-refractivity contribution in [3.05, 3.63) is 95.1 Å². The second kappa shape index (κ2) is 38.2. The first-order valence-electron chi connectivity index (χ1n) is 22.7. The van der Waals surface area contributed by atoms with Gasteiger partial charge in [-0.3, -0.25) is 52.7 Å². The van der Waals surface area contributed by atoms with Crippen LogP contribution in [0, 0.1) is 0 Å². The molecule has 0 bridgehead atoms. The molecule has 4 rings (SSSR count). The molecule has 0 radical (unpaired) electrons. The molecule has 5 atom stereocenters. The Bertz CT molecular complexity index is 2720. The zero-order valence-corrected chi connectivity index (χ0v) is 46.9. The SMILES string of the molecule is CSSc1ccc(C(F)(F)F)cc1CSC(=O)CC(N)C(=O)O.NC(CC(=O)O)C(=O)O.NC(CC(=O)ON1C(=O)CCC1=O)C(=O)O.NC(CC(=O)SCc1ccccc1)C(=O)O.NC(CC(=O)Sc1ccc(C(F)(F)F)cc1)C(=O)O. The van der Waals surface area contributed by atoms with Crippen LogP contribution in [0.3, 0.4) is 0 Å². The molecule has 458 valence electrons. The zero-order chi connectivity index (χ0) is 63.9. The van der Waals surface area contributed by atoms with Gasteiger partial charge in [-0.25, -0.2) is 4.79 Å². The number of imide groups is 1. The molecule has 83 heavy (non-hydrogen) atoms. The number of carbonyl (C=O) groups is 12. The quantitative estimate of drug-likeness (QED) is 0.0273. The van der Waals surface area contributed by atoms with Crippen molar-refractivity contribution in [3.8, 4) is 0 Å². The van der Waals surface area contributed by atoms with E-state index in [0.717, 1.165) is 65.5 Å². The smallest absolute Gasteiger partial charge is 0.416 e. The molecule has 0 aromatic heterocycles. The number of halogens is 6. The van der Waals surface area contributed by atoms with Gasteiger partial charge in [-0.15, -0.1) is 5.06 Å². The van der Waals surface area contributed by atoms with Gasteiger partial charge in [-0.05, 0) is 59.8 Å². The van der Waals surface area contributed by atoms with Gasteiger partial charge in [0.05, 0.1) is 24.0 Å². The van der Waals surface area contributed by atoms with Crippen molar-refractivity contribution in [2.24, 2.45) is 28.7 Å². The average Bonchev–Trinajstić information content (AvgIpc) is 3.76. The van der Waals surface area contributed by atoms with Crippen LogP contribution in [0.5, 0.6) is 0 Å². The van der Waals surface area contributed by atoms with E-state index in [1.54, 1.807) is 6.26 Å². The number of benzene rings is 3. The molecule has 25 nitrogen and oxygen atoms in total. The molecule has 0 saturated carbocycles. The maximum Gasteiger partial charge on any atom is 0.416 e. The number of aliphatic carboxylic acids is 6. The maximum absolute atomic E-state index is 12.8. The molecule has 0 spiro atoms. The zero-order valence-electron chi connectivity index (χ0n) is 42.8. The fraction of sp³-hybridized carbons (Fsp3) is 0.362. The molecule has 1 aliphatic heterocycles. The number of nitrogens with two attached hydrogens (primary N) is 5. The molecule has 1 fully saturated rings. The number of nitrogens with zero attached hydrogens (tertiary/aromatic N) is 1. The third-order valence-electron chi connectivity index (χ3n) is 9.33. The highest BCUT2D eigenvalue weighted by atomic mass is 33.1. The lowest BCUT2D eigenvalue weighted by Gasteiger charge is -2.13. The van der Waals surface area contributed by atoms with Gasteiger partial charge in [0.25, 0.3) is 11.8 Å². The number of rotatable bonds is 23. The number of thioether (sulfide) groups is 3. The van der Waals surface area contributed by atoms with Crippen molar-refractivity contribution in [2.45, 2.75) is 109 Å². The van der Waals surface area contributed by atoms with E-state index < -0.39 is 130 Å². The average molecular weight is 1280 g/mol. The monoisotopic (exact) mass is 1280 g/mol. The van der Waals surface area contributed by atoms with Gasteiger partial charge in [0.15, 0.2) is 15.3 Å². The van der Waals surface area contributed by atoms with Gasteiger partial charge >= 0.3 is 54.1 Å². The van der Waals surface area contributed by atoms with E-state index in [0.29, 0.717) is 37.9 Å². The molecule has 1 aliphatic rings. The van der Waals surface area contributed by atoms with Crippen LogP contribution in [-0.4, -0.2) is 141 Å². The molecule has 1 saturated heterocycles. The maximum atomic E-state index is 12.8. The van der Waals surface area contributed by atoms with Crippen molar-refractivity contribution in [3.63, 3.8) is 0 Å². The second-order valence-electron chi connectivity index (χ2n) is 16.1. The first kappa shape index (κ1) is 76.2. The fourth-order valence-electron chi connectivity index (χ4n) is 5.08. The summed E-state index contributed by atoms with van der Waals surface area (Å²) in [6, 6.07) is 10.5. The number of hydrogen-bond acceptors (Lipinski definition) is 23. The number of hydrogen-bond donors (Lipinski definition) is 11. The van der Waals surface area contributed by atoms with E-state index in [1.165, 1.54) is 27.7 Å². The number of amides is 2.